The van der Waals surface area contributed by atoms with E-state index in [1.54, 1.807) is 25.3 Å². The van der Waals surface area contributed by atoms with Crippen LogP contribution in [0.15, 0.2) is 53.4 Å². The molecule has 1 amide bonds. The third-order valence-corrected chi connectivity index (χ3v) is 8.15. The third kappa shape index (κ3) is 5.49. The van der Waals surface area contributed by atoms with Crippen molar-refractivity contribution < 1.29 is 17.9 Å². The van der Waals surface area contributed by atoms with E-state index in [0.29, 0.717) is 48.4 Å². The van der Waals surface area contributed by atoms with Gasteiger partial charge in [0.25, 0.3) is 0 Å². The number of ether oxygens (including phenoxy) is 1. The summed E-state index contributed by atoms with van der Waals surface area (Å²) in [6.45, 7) is 7.79. The van der Waals surface area contributed by atoms with Crippen molar-refractivity contribution in [1.29, 1.82) is 0 Å². The molecule has 2 aromatic rings. The first-order valence-electron chi connectivity index (χ1n) is 11.0. The maximum Gasteiger partial charge on any atom is 0.243 e. The molecule has 0 spiro atoms. The Morgan fingerprint density at radius 2 is 1.72 bits per heavy atom. The lowest BCUT2D eigenvalue weighted by Gasteiger charge is -2.36. The van der Waals surface area contributed by atoms with Crippen LogP contribution in [0, 0.1) is 0 Å². The van der Waals surface area contributed by atoms with E-state index in [1.807, 2.05) is 42.2 Å². The predicted octanol–water partition coefficient (Wildman–Crippen LogP) is 3.54. The quantitative estimate of drug-likeness (QED) is 0.653. The minimum absolute atomic E-state index is 0.129. The lowest BCUT2D eigenvalue weighted by atomic mass is 9.99. The highest BCUT2D eigenvalue weighted by Crippen LogP contribution is 2.23. The average Bonchev–Trinajstić information content (AvgIpc) is 2.83. The largest absolute Gasteiger partial charge is 0.497 e. The number of rotatable bonds is 8. The molecule has 174 valence electrons. The van der Waals surface area contributed by atoms with Crippen LogP contribution in [-0.2, 0) is 14.8 Å². The number of methoxy groups -OCH3 is 1. The first kappa shape index (κ1) is 24.2. The summed E-state index contributed by atoms with van der Waals surface area (Å²) in [4.78, 5) is 15.0. The Balaban J connectivity index is 1.59. The van der Waals surface area contributed by atoms with Crippen molar-refractivity contribution in [1.82, 2.24) is 9.21 Å². The molecule has 1 aliphatic rings. The zero-order valence-corrected chi connectivity index (χ0v) is 20.1. The highest BCUT2D eigenvalue weighted by atomic mass is 32.2. The van der Waals surface area contributed by atoms with E-state index in [2.05, 4.69) is 19.2 Å². The summed E-state index contributed by atoms with van der Waals surface area (Å²) >= 11 is 0. The molecular formula is C24H33N3O4S. The number of hydrogen-bond donors (Lipinski definition) is 1. The minimum atomic E-state index is -3.54. The standard InChI is InChI=1S/C24H33N3O4S/c1-5-18(2)20-9-11-23(12-10-20)32(29,30)27-15-13-26(14-16-27)19(3)24(28)25-21-7-6-8-22(17-21)31-4/h6-12,17-19H,5,13-16H2,1-4H3,(H,25,28)/t18-,19-/m1/s1. The van der Waals surface area contributed by atoms with Crippen LogP contribution in [0.3, 0.4) is 0 Å². The second kappa shape index (κ2) is 10.5. The van der Waals surface area contributed by atoms with Crippen molar-refractivity contribution in [3.8, 4) is 5.75 Å². The maximum absolute atomic E-state index is 13.1. The second-order valence-corrected chi connectivity index (χ2v) is 10.2. The van der Waals surface area contributed by atoms with E-state index in [-0.39, 0.29) is 11.9 Å². The molecule has 8 heteroatoms. The van der Waals surface area contributed by atoms with Crippen molar-refractivity contribution >= 4 is 21.6 Å². The van der Waals surface area contributed by atoms with Crippen LogP contribution in [0.1, 0.15) is 38.7 Å². The molecule has 0 bridgehead atoms. The third-order valence-electron chi connectivity index (χ3n) is 6.24. The van der Waals surface area contributed by atoms with Crippen LogP contribution in [0.25, 0.3) is 0 Å². The highest BCUT2D eigenvalue weighted by molar-refractivity contribution is 7.89. The Bertz CT molecular complexity index is 1020. The molecule has 32 heavy (non-hydrogen) atoms. The van der Waals surface area contributed by atoms with E-state index in [4.69, 9.17) is 4.74 Å². The van der Waals surface area contributed by atoms with Gasteiger partial charge in [-0.25, -0.2) is 8.42 Å². The lowest BCUT2D eigenvalue weighted by molar-refractivity contribution is -0.121. The van der Waals surface area contributed by atoms with Crippen molar-refractivity contribution in [2.24, 2.45) is 0 Å². The summed E-state index contributed by atoms with van der Waals surface area (Å²) in [6.07, 6.45) is 1.01. The Kier molecular flexibility index (Phi) is 7.92. The molecule has 0 saturated carbocycles. The van der Waals surface area contributed by atoms with E-state index >= 15 is 0 Å². The molecule has 1 N–H and O–H groups in total. The van der Waals surface area contributed by atoms with E-state index < -0.39 is 10.0 Å². The summed E-state index contributed by atoms with van der Waals surface area (Å²) < 4.78 is 32.8. The van der Waals surface area contributed by atoms with Crippen LogP contribution >= 0.6 is 0 Å². The Morgan fingerprint density at radius 1 is 1.06 bits per heavy atom. The molecule has 0 aromatic heterocycles. The van der Waals surface area contributed by atoms with Gasteiger partial charge in [-0.1, -0.05) is 32.0 Å². The molecule has 2 atom stereocenters. The first-order chi connectivity index (χ1) is 15.3. The molecule has 1 fully saturated rings. The van der Waals surface area contributed by atoms with Gasteiger partial charge in [0.2, 0.25) is 15.9 Å². The number of hydrogen-bond acceptors (Lipinski definition) is 5. The summed E-state index contributed by atoms with van der Waals surface area (Å²) in [5, 5.41) is 2.91. The summed E-state index contributed by atoms with van der Waals surface area (Å²) in [7, 11) is -1.96. The number of piperazine rings is 1. The smallest absolute Gasteiger partial charge is 0.243 e. The number of nitrogens with one attached hydrogen (secondary N) is 1. The van der Waals surface area contributed by atoms with E-state index in [0.717, 1.165) is 12.0 Å². The van der Waals surface area contributed by atoms with E-state index in [1.165, 1.54) is 4.31 Å². The number of carbonyl (C=O) groups excluding carboxylic acids is 1. The van der Waals surface area contributed by atoms with Gasteiger partial charge in [0.05, 0.1) is 18.0 Å². The minimum Gasteiger partial charge on any atom is -0.497 e. The second-order valence-electron chi connectivity index (χ2n) is 8.22. The summed E-state index contributed by atoms with van der Waals surface area (Å²) in [5.74, 6) is 0.946. The number of carbonyl (C=O) groups is 1. The van der Waals surface area contributed by atoms with Gasteiger partial charge in [-0.15, -0.1) is 0 Å². The van der Waals surface area contributed by atoms with Gasteiger partial charge in [-0.2, -0.15) is 4.31 Å². The molecular weight excluding hydrogens is 426 g/mol. The normalized spacial score (nSPS) is 17.5. The Hall–Kier alpha value is -2.42. The van der Waals surface area contributed by atoms with Crippen LogP contribution in [0.4, 0.5) is 5.69 Å². The van der Waals surface area contributed by atoms with Gasteiger partial charge < -0.3 is 10.1 Å². The number of sulfonamides is 1. The molecule has 1 aliphatic heterocycles. The average molecular weight is 460 g/mol. The van der Waals surface area contributed by atoms with Crippen LogP contribution in [-0.4, -0.2) is 62.9 Å². The molecule has 0 radical (unpaired) electrons. The first-order valence-corrected chi connectivity index (χ1v) is 12.5. The summed E-state index contributed by atoms with van der Waals surface area (Å²) in [5.41, 5.74) is 1.82. The van der Waals surface area contributed by atoms with Crippen molar-refractivity contribution in [2.45, 2.75) is 44.0 Å². The Labute approximate surface area is 191 Å². The maximum atomic E-state index is 13.1. The van der Waals surface area contributed by atoms with Crippen LogP contribution in [0.2, 0.25) is 0 Å². The fourth-order valence-electron chi connectivity index (χ4n) is 3.80. The summed E-state index contributed by atoms with van der Waals surface area (Å²) in [6, 6.07) is 14.0. The molecule has 3 rings (SSSR count). The topological polar surface area (TPSA) is 79.0 Å². The number of nitrogens with zero attached hydrogens (tertiary/aromatic N) is 2. The lowest BCUT2D eigenvalue weighted by Crippen LogP contribution is -2.53. The molecule has 7 nitrogen and oxygen atoms in total. The molecule has 2 aromatic carbocycles. The zero-order valence-electron chi connectivity index (χ0n) is 19.2. The molecule has 0 aliphatic carbocycles. The van der Waals surface area contributed by atoms with Crippen LogP contribution < -0.4 is 10.1 Å². The number of anilines is 1. The molecule has 1 saturated heterocycles. The van der Waals surface area contributed by atoms with Gasteiger partial charge in [0.1, 0.15) is 5.75 Å². The monoisotopic (exact) mass is 459 g/mol. The number of benzene rings is 2. The van der Waals surface area contributed by atoms with Gasteiger partial charge in [0, 0.05) is 37.9 Å². The van der Waals surface area contributed by atoms with Crippen molar-refractivity contribution in [3.05, 3.63) is 54.1 Å². The SMILES string of the molecule is CC[C@@H](C)c1ccc(S(=O)(=O)N2CCN([C@H](C)C(=O)Nc3cccc(OC)c3)CC2)cc1. The Morgan fingerprint density at radius 3 is 2.31 bits per heavy atom. The number of amides is 1. The van der Waals surface area contributed by atoms with Crippen LogP contribution in [0.5, 0.6) is 5.75 Å². The fourth-order valence-corrected chi connectivity index (χ4v) is 5.22. The van der Waals surface area contributed by atoms with Crippen molar-refractivity contribution in [2.75, 3.05) is 38.6 Å². The molecule has 1 heterocycles. The fraction of sp³-hybridized carbons (Fsp3) is 0.458. The van der Waals surface area contributed by atoms with Gasteiger partial charge >= 0.3 is 0 Å². The zero-order chi connectivity index (χ0) is 23.3. The van der Waals surface area contributed by atoms with E-state index in [9.17, 15) is 13.2 Å². The van der Waals surface area contributed by atoms with Gasteiger partial charge in [-0.3, -0.25) is 9.69 Å². The highest BCUT2D eigenvalue weighted by Gasteiger charge is 2.31. The van der Waals surface area contributed by atoms with Gasteiger partial charge in [0.15, 0.2) is 0 Å². The van der Waals surface area contributed by atoms with Crippen molar-refractivity contribution in [3.63, 3.8) is 0 Å². The van der Waals surface area contributed by atoms with Gasteiger partial charge in [-0.05, 0) is 49.1 Å². The predicted molar refractivity (Wildman–Crippen MR) is 127 cm³/mol. The molecule has 0 unspecified atom stereocenters.